The van der Waals surface area contributed by atoms with Crippen LogP contribution in [0.1, 0.15) is 19.3 Å². The van der Waals surface area contributed by atoms with Crippen molar-refractivity contribution >= 4 is 23.4 Å². The molecule has 1 amide bonds. The Bertz CT molecular complexity index is 459. The molecule has 1 unspecified atom stereocenters. The Hall–Kier alpha value is -1.00. The summed E-state index contributed by atoms with van der Waals surface area (Å²) in [7, 11) is 0. The summed E-state index contributed by atoms with van der Waals surface area (Å²) in [6.07, 6.45) is 5.44. The number of hydrogen-bond acceptors (Lipinski definition) is 3. The van der Waals surface area contributed by atoms with Crippen molar-refractivity contribution in [2.45, 2.75) is 36.2 Å². The average Bonchev–Trinajstić information content (AvgIpc) is 3.15. The van der Waals surface area contributed by atoms with E-state index in [1.54, 1.807) is 11.8 Å². The summed E-state index contributed by atoms with van der Waals surface area (Å²) >= 11 is 1.70. The maximum absolute atomic E-state index is 12.4. The highest BCUT2D eigenvalue weighted by Crippen LogP contribution is 2.32. The Kier molecular flexibility index (Phi) is 3.31. The molecular formula is C14H18N2OS. The topological polar surface area (TPSA) is 32.3 Å². The third-order valence-corrected chi connectivity index (χ3v) is 4.38. The molecule has 1 atom stereocenters. The van der Waals surface area contributed by atoms with E-state index in [4.69, 9.17) is 0 Å². The number of benzene rings is 1. The molecule has 18 heavy (non-hydrogen) atoms. The minimum atomic E-state index is 0.0346. The predicted octanol–water partition coefficient (Wildman–Crippen LogP) is 2.27. The van der Waals surface area contributed by atoms with Gasteiger partial charge in [-0.3, -0.25) is 4.79 Å². The van der Waals surface area contributed by atoms with E-state index in [-0.39, 0.29) is 11.9 Å². The van der Waals surface area contributed by atoms with Crippen molar-refractivity contribution in [3.8, 4) is 0 Å². The van der Waals surface area contributed by atoms with Crippen molar-refractivity contribution in [3.63, 3.8) is 0 Å². The number of anilines is 1. The van der Waals surface area contributed by atoms with Gasteiger partial charge in [-0.1, -0.05) is 12.1 Å². The van der Waals surface area contributed by atoms with E-state index in [1.807, 2.05) is 23.1 Å². The number of hydrogen-bond donors (Lipinski definition) is 1. The van der Waals surface area contributed by atoms with Gasteiger partial charge in [-0.25, -0.2) is 0 Å². The highest BCUT2D eigenvalue weighted by Gasteiger charge is 2.36. The fourth-order valence-corrected chi connectivity index (χ4v) is 3.06. The van der Waals surface area contributed by atoms with Crippen LogP contribution >= 0.6 is 11.8 Å². The quantitative estimate of drug-likeness (QED) is 0.845. The SMILES string of the molecule is CSc1ccccc1N1CCC(NC2CC2)C1=O. The van der Waals surface area contributed by atoms with E-state index in [2.05, 4.69) is 17.6 Å². The second-order valence-corrected chi connectivity index (χ2v) is 5.79. The molecule has 1 aliphatic carbocycles. The monoisotopic (exact) mass is 262 g/mol. The molecule has 3 nitrogen and oxygen atoms in total. The first-order valence-electron chi connectivity index (χ1n) is 6.50. The van der Waals surface area contributed by atoms with Crippen molar-refractivity contribution in [2.24, 2.45) is 0 Å². The zero-order chi connectivity index (χ0) is 12.5. The Morgan fingerprint density at radius 2 is 2.06 bits per heavy atom. The Morgan fingerprint density at radius 3 is 2.78 bits per heavy atom. The zero-order valence-corrected chi connectivity index (χ0v) is 11.4. The molecule has 3 rings (SSSR count). The largest absolute Gasteiger partial charge is 0.310 e. The first kappa shape index (κ1) is 12.1. The van der Waals surface area contributed by atoms with Gasteiger partial charge in [0.2, 0.25) is 5.91 Å². The van der Waals surface area contributed by atoms with Gasteiger partial charge in [0.15, 0.2) is 0 Å². The summed E-state index contributed by atoms with van der Waals surface area (Å²) in [4.78, 5) is 15.5. The average molecular weight is 262 g/mol. The number of para-hydroxylation sites is 1. The van der Waals surface area contributed by atoms with Crippen molar-refractivity contribution in [1.29, 1.82) is 0 Å². The number of rotatable bonds is 4. The molecule has 1 saturated carbocycles. The third-order valence-electron chi connectivity index (χ3n) is 3.60. The lowest BCUT2D eigenvalue weighted by Crippen LogP contribution is -2.39. The fraction of sp³-hybridized carbons (Fsp3) is 0.500. The summed E-state index contributed by atoms with van der Waals surface area (Å²) in [6.45, 7) is 0.834. The van der Waals surface area contributed by atoms with E-state index in [0.717, 1.165) is 18.7 Å². The highest BCUT2D eigenvalue weighted by atomic mass is 32.2. The van der Waals surface area contributed by atoms with Crippen LogP contribution in [0.2, 0.25) is 0 Å². The summed E-state index contributed by atoms with van der Waals surface area (Å²) in [5, 5.41) is 3.44. The maximum Gasteiger partial charge on any atom is 0.244 e. The smallest absolute Gasteiger partial charge is 0.244 e. The highest BCUT2D eigenvalue weighted by molar-refractivity contribution is 7.98. The third kappa shape index (κ3) is 2.27. The van der Waals surface area contributed by atoms with E-state index >= 15 is 0 Å². The van der Waals surface area contributed by atoms with Gasteiger partial charge in [0, 0.05) is 17.5 Å². The summed E-state index contributed by atoms with van der Waals surface area (Å²) in [5.41, 5.74) is 1.06. The van der Waals surface area contributed by atoms with Crippen LogP contribution in [0.4, 0.5) is 5.69 Å². The Morgan fingerprint density at radius 1 is 1.28 bits per heavy atom. The molecule has 2 aliphatic rings. The van der Waals surface area contributed by atoms with Crippen molar-refractivity contribution in [1.82, 2.24) is 5.32 Å². The van der Waals surface area contributed by atoms with Crippen LogP contribution < -0.4 is 10.2 Å². The van der Waals surface area contributed by atoms with Crippen LogP contribution in [0.5, 0.6) is 0 Å². The second-order valence-electron chi connectivity index (χ2n) is 4.94. The van der Waals surface area contributed by atoms with Crippen LogP contribution in [0, 0.1) is 0 Å². The van der Waals surface area contributed by atoms with Gasteiger partial charge >= 0.3 is 0 Å². The molecule has 1 heterocycles. The summed E-state index contributed by atoms with van der Waals surface area (Å²) in [5.74, 6) is 0.239. The number of carbonyl (C=O) groups is 1. The number of nitrogens with one attached hydrogen (secondary N) is 1. The van der Waals surface area contributed by atoms with Crippen LogP contribution in [-0.4, -0.2) is 30.8 Å². The van der Waals surface area contributed by atoms with Gasteiger partial charge in [0.05, 0.1) is 11.7 Å². The fourth-order valence-electron chi connectivity index (χ4n) is 2.46. The molecule has 1 N–H and O–H groups in total. The van der Waals surface area contributed by atoms with Gasteiger partial charge in [-0.15, -0.1) is 11.8 Å². The van der Waals surface area contributed by atoms with Crippen molar-refractivity contribution in [3.05, 3.63) is 24.3 Å². The molecule has 0 radical (unpaired) electrons. The molecule has 1 aromatic rings. The lowest BCUT2D eigenvalue weighted by atomic mass is 10.2. The lowest BCUT2D eigenvalue weighted by molar-refractivity contribution is -0.118. The van der Waals surface area contributed by atoms with Crippen LogP contribution in [-0.2, 0) is 4.79 Å². The molecule has 0 spiro atoms. The molecule has 1 aliphatic heterocycles. The van der Waals surface area contributed by atoms with Crippen LogP contribution in [0.25, 0.3) is 0 Å². The molecule has 1 aromatic carbocycles. The van der Waals surface area contributed by atoms with E-state index in [9.17, 15) is 4.79 Å². The summed E-state index contributed by atoms with van der Waals surface area (Å²) < 4.78 is 0. The second kappa shape index (κ2) is 4.94. The normalized spacial score (nSPS) is 23.7. The lowest BCUT2D eigenvalue weighted by Gasteiger charge is -2.19. The molecule has 96 valence electrons. The molecule has 4 heteroatoms. The summed E-state index contributed by atoms with van der Waals surface area (Å²) in [6, 6.07) is 8.78. The van der Waals surface area contributed by atoms with Gasteiger partial charge in [-0.05, 0) is 37.7 Å². The first-order chi connectivity index (χ1) is 8.79. The van der Waals surface area contributed by atoms with E-state index in [0.29, 0.717) is 6.04 Å². The Labute approximate surface area is 112 Å². The van der Waals surface area contributed by atoms with E-state index < -0.39 is 0 Å². The molecule has 2 fully saturated rings. The Balaban J connectivity index is 1.78. The minimum Gasteiger partial charge on any atom is -0.310 e. The van der Waals surface area contributed by atoms with Crippen molar-refractivity contribution in [2.75, 3.05) is 17.7 Å². The number of nitrogens with zero attached hydrogens (tertiary/aromatic N) is 1. The minimum absolute atomic E-state index is 0.0346. The van der Waals surface area contributed by atoms with Gasteiger partial charge < -0.3 is 10.2 Å². The van der Waals surface area contributed by atoms with Crippen LogP contribution in [0.3, 0.4) is 0 Å². The van der Waals surface area contributed by atoms with Gasteiger partial charge in [-0.2, -0.15) is 0 Å². The van der Waals surface area contributed by atoms with Crippen molar-refractivity contribution < 1.29 is 4.79 Å². The molecular weight excluding hydrogens is 244 g/mol. The first-order valence-corrected chi connectivity index (χ1v) is 7.72. The number of thioether (sulfide) groups is 1. The number of amides is 1. The van der Waals surface area contributed by atoms with Gasteiger partial charge in [0.25, 0.3) is 0 Å². The number of carbonyl (C=O) groups excluding carboxylic acids is 1. The zero-order valence-electron chi connectivity index (χ0n) is 10.6. The maximum atomic E-state index is 12.4. The molecule has 0 aromatic heterocycles. The molecule has 0 bridgehead atoms. The van der Waals surface area contributed by atoms with Gasteiger partial charge in [0.1, 0.15) is 0 Å². The standard InChI is InChI=1S/C14H18N2OS/c1-18-13-5-3-2-4-12(13)16-9-8-11(14(16)17)15-10-6-7-10/h2-5,10-11,15H,6-9H2,1H3. The van der Waals surface area contributed by atoms with E-state index in [1.165, 1.54) is 17.7 Å². The predicted molar refractivity (Wildman–Crippen MR) is 75.1 cm³/mol. The molecule has 1 saturated heterocycles. The van der Waals surface area contributed by atoms with Crippen LogP contribution in [0.15, 0.2) is 29.2 Å².